The molecule has 1 saturated carbocycles. The normalized spacial score (nSPS) is 19.7. The first kappa shape index (κ1) is 23.4. The number of anilines is 1. The molecule has 3 aromatic rings. The Morgan fingerprint density at radius 1 is 0.943 bits per heavy atom. The zero-order chi connectivity index (χ0) is 23.9. The first-order chi connectivity index (χ1) is 17.2. The number of carbonyl (C=O) groups is 1. The van der Waals surface area contributed by atoms with Gasteiger partial charge in [-0.3, -0.25) is 9.69 Å². The Bertz CT molecular complexity index is 1100. The van der Waals surface area contributed by atoms with Crippen LogP contribution in [0.25, 0.3) is 0 Å². The van der Waals surface area contributed by atoms with E-state index in [1.165, 1.54) is 5.56 Å². The molecule has 0 bridgehead atoms. The standard InChI is InChI=1S/C29H33N3O3/c33-29(30-13-14-32-15-17-34-18-16-32)28-20-27(28)23-9-11-24(12-10-23)31-21-22-5-4-8-26(19-22)35-25-6-2-1-3-7-25/h1-12,19,27-28,31H,13-18,20-21H2,(H,30,33). The van der Waals surface area contributed by atoms with Crippen LogP contribution in [0.1, 0.15) is 23.5 Å². The van der Waals surface area contributed by atoms with E-state index in [1.54, 1.807) is 0 Å². The van der Waals surface area contributed by atoms with Gasteiger partial charge >= 0.3 is 0 Å². The SMILES string of the molecule is O=C(NCCN1CCOCC1)C1CC1c1ccc(NCc2cccc(Oc3ccccc3)c2)cc1. The monoisotopic (exact) mass is 471 g/mol. The van der Waals surface area contributed by atoms with Crippen molar-refractivity contribution in [3.05, 3.63) is 90.0 Å². The predicted octanol–water partition coefficient (Wildman–Crippen LogP) is 4.64. The van der Waals surface area contributed by atoms with Crippen LogP contribution in [0.2, 0.25) is 0 Å². The highest BCUT2D eigenvalue weighted by Crippen LogP contribution is 2.47. The largest absolute Gasteiger partial charge is 0.457 e. The molecule has 1 amide bonds. The molecule has 2 aliphatic rings. The summed E-state index contributed by atoms with van der Waals surface area (Å²) in [5.41, 5.74) is 3.45. The van der Waals surface area contributed by atoms with Crippen LogP contribution < -0.4 is 15.4 Å². The van der Waals surface area contributed by atoms with E-state index in [9.17, 15) is 4.79 Å². The van der Waals surface area contributed by atoms with Gasteiger partial charge in [0, 0.05) is 44.3 Å². The lowest BCUT2D eigenvalue weighted by atomic mass is 10.1. The molecule has 0 radical (unpaired) electrons. The summed E-state index contributed by atoms with van der Waals surface area (Å²) in [5, 5.41) is 6.60. The number of benzene rings is 3. The molecule has 3 aromatic carbocycles. The fourth-order valence-corrected chi connectivity index (χ4v) is 4.54. The molecule has 2 N–H and O–H groups in total. The predicted molar refractivity (Wildman–Crippen MR) is 138 cm³/mol. The van der Waals surface area contributed by atoms with Crippen molar-refractivity contribution in [2.45, 2.75) is 18.9 Å². The van der Waals surface area contributed by atoms with Crippen molar-refractivity contribution in [1.82, 2.24) is 10.2 Å². The second kappa shape index (κ2) is 11.4. The van der Waals surface area contributed by atoms with Crippen molar-refractivity contribution in [2.24, 2.45) is 5.92 Å². The molecular weight excluding hydrogens is 438 g/mol. The maximum Gasteiger partial charge on any atom is 0.223 e. The molecule has 2 fully saturated rings. The summed E-state index contributed by atoms with van der Waals surface area (Å²) < 4.78 is 11.3. The Morgan fingerprint density at radius 2 is 1.71 bits per heavy atom. The van der Waals surface area contributed by atoms with E-state index < -0.39 is 0 Å². The number of amides is 1. The molecule has 6 nitrogen and oxygen atoms in total. The highest BCUT2D eigenvalue weighted by molar-refractivity contribution is 5.82. The second-order valence-electron chi connectivity index (χ2n) is 9.23. The van der Waals surface area contributed by atoms with Gasteiger partial charge in [-0.2, -0.15) is 0 Å². The van der Waals surface area contributed by atoms with E-state index in [4.69, 9.17) is 9.47 Å². The molecule has 2 atom stereocenters. The third-order valence-corrected chi connectivity index (χ3v) is 6.67. The van der Waals surface area contributed by atoms with Crippen molar-refractivity contribution in [3.8, 4) is 11.5 Å². The fraction of sp³-hybridized carbons (Fsp3) is 0.345. The number of nitrogens with one attached hydrogen (secondary N) is 2. The van der Waals surface area contributed by atoms with Crippen LogP contribution in [0.3, 0.4) is 0 Å². The Labute approximate surface area is 207 Å². The van der Waals surface area contributed by atoms with Crippen LogP contribution in [-0.2, 0) is 16.1 Å². The van der Waals surface area contributed by atoms with Crippen LogP contribution in [-0.4, -0.2) is 50.2 Å². The summed E-state index contributed by atoms with van der Waals surface area (Å²) in [6.07, 6.45) is 0.935. The molecule has 1 aliphatic heterocycles. The topological polar surface area (TPSA) is 62.8 Å². The summed E-state index contributed by atoms with van der Waals surface area (Å²) in [6, 6.07) is 26.4. The minimum absolute atomic E-state index is 0.103. The Hall–Kier alpha value is -3.35. The Morgan fingerprint density at radius 3 is 2.51 bits per heavy atom. The molecule has 6 heteroatoms. The minimum Gasteiger partial charge on any atom is -0.457 e. The molecule has 5 rings (SSSR count). The zero-order valence-corrected chi connectivity index (χ0v) is 20.0. The van der Waals surface area contributed by atoms with Crippen molar-refractivity contribution in [1.29, 1.82) is 0 Å². The summed E-state index contributed by atoms with van der Waals surface area (Å²) >= 11 is 0. The lowest BCUT2D eigenvalue weighted by Crippen LogP contribution is -2.41. The average Bonchev–Trinajstić information content (AvgIpc) is 3.71. The van der Waals surface area contributed by atoms with Gasteiger partial charge in [0.05, 0.1) is 13.2 Å². The van der Waals surface area contributed by atoms with Gasteiger partial charge in [0.1, 0.15) is 11.5 Å². The molecule has 35 heavy (non-hydrogen) atoms. The highest BCUT2D eigenvalue weighted by atomic mass is 16.5. The number of nitrogens with zero attached hydrogens (tertiary/aromatic N) is 1. The van der Waals surface area contributed by atoms with Gasteiger partial charge < -0.3 is 20.1 Å². The quantitative estimate of drug-likeness (QED) is 0.451. The molecule has 182 valence electrons. The highest BCUT2D eigenvalue weighted by Gasteiger charge is 2.43. The number of hydrogen-bond donors (Lipinski definition) is 2. The number of rotatable bonds is 10. The number of hydrogen-bond acceptors (Lipinski definition) is 5. The zero-order valence-electron chi connectivity index (χ0n) is 20.0. The molecule has 0 spiro atoms. The first-order valence-corrected chi connectivity index (χ1v) is 12.5. The van der Waals surface area contributed by atoms with Crippen molar-refractivity contribution in [2.75, 3.05) is 44.7 Å². The lowest BCUT2D eigenvalue weighted by molar-refractivity contribution is -0.122. The van der Waals surface area contributed by atoms with E-state index in [1.807, 2.05) is 42.5 Å². The van der Waals surface area contributed by atoms with Gasteiger partial charge in [-0.05, 0) is 59.9 Å². The maximum atomic E-state index is 12.5. The summed E-state index contributed by atoms with van der Waals surface area (Å²) in [6.45, 7) is 5.81. The fourth-order valence-electron chi connectivity index (χ4n) is 4.54. The van der Waals surface area contributed by atoms with E-state index in [0.29, 0.717) is 19.0 Å². The van der Waals surface area contributed by atoms with Gasteiger partial charge in [-0.15, -0.1) is 0 Å². The van der Waals surface area contributed by atoms with E-state index in [-0.39, 0.29) is 11.8 Å². The average molecular weight is 472 g/mol. The Balaban J connectivity index is 1.06. The van der Waals surface area contributed by atoms with Crippen LogP contribution in [0.5, 0.6) is 11.5 Å². The maximum absolute atomic E-state index is 12.5. The third-order valence-electron chi connectivity index (χ3n) is 6.67. The number of para-hydroxylation sites is 1. The first-order valence-electron chi connectivity index (χ1n) is 12.5. The smallest absolute Gasteiger partial charge is 0.223 e. The summed E-state index contributed by atoms with van der Waals surface area (Å²) in [7, 11) is 0. The van der Waals surface area contributed by atoms with Gasteiger partial charge in [0.2, 0.25) is 5.91 Å². The van der Waals surface area contributed by atoms with Crippen molar-refractivity contribution in [3.63, 3.8) is 0 Å². The summed E-state index contributed by atoms with van der Waals surface area (Å²) in [4.78, 5) is 14.9. The van der Waals surface area contributed by atoms with Crippen molar-refractivity contribution < 1.29 is 14.3 Å². The van der Waals surface area contributed by atoms with Crippen LogP contribution in [0.15, 0.2) is 78.9 Å². The molecule has 2 unspecified atom stereocenters. The van der Waals surface area contributed by atoms with Gasteiger partial charge in [0.25, 0.3) is 0 Å². The van der Waals surface area contributed by atoms with Crippen LogP contribution >= 0.6 is 0 Å². The van der Waals surface area contributed by atoms with Gasteiger partial charge in [-0.1, -0.05) is 42.5 Å². The number of ether oxygens (including phenoxy) is 2. The second-order valence-corrected chi connectivity index (χ2v) is 9.23. The molecule has 1 aliphatic carbocycles. The summed E-state index contributed by atoms with van der Waals surface area (Å²) in [5.74, 6) is 2.28. The van der Waals surface area contributed by atoms with Gasteiger partial charge in [-0.25, -0.2) is 0 Å². The molecule has 0 aromatic heterocycles. The van der Waals surface area contributed by atoms with E-state index in [2.05, 4.69) is 51.9 Å². The van der Waals surface area contributed by atoms with Crippen LogP contribution in [0.4, 0.5) is 5.69 Å². The lowest BCUT2D eigenvalue weighted by Gasteiger charge is -2.26. The minimum atomic E-state index is 0.103. The van der Waals surface area contributed by atoms with Gasteiger partial charge in [0.15, 0.2) is 0 Å². The molecule has 1 heterocycles. The van der Waals surface area contributed by atoms with Crippen molar-refractivity contribution >= 4 is 11.6 Å². The number of morpholine rings is 1. The Kier molecular flexibility index (Phi) is 7.61. The molecular formula is C29H33N3O3. The molecule has 1 saturated heterocycles. The number of carbonyl (C=O) groups excluding carboxylic acids is 1. The third kappa shape index (κ3) is 6.62. The van der Waals surface area contributed by atoms with E-state index >= 15 is 0 Å². The van der Waals surface area contributed by atoms with Crippen LogP contribution in [0, 0.1) is 5.92 Å². The van der Waals surface area contributed by atoms with E-state index in [0.717, 1.165) is 62.0 Å².